The van der Waals surface area contributed by atoms with Gasteiger partial charge in [0.05, 0.1) is 26.3 Å². The Morgan fingerprint density at radius 3 is 1.45 bits per heavy atom. The first-order valence-electron chi connectivity index (χ1n) is 20.3. The molecule has 0 saturated heterocycles. The van der Waals surface area contributed by atoms with Crippen molar-refractivity contribution in [1.29, 1.82) is 0 Å². The fraction of sp³-hybridized carbons (Fsp3) is 0.273. The van der Waals surface area contributed by atoms with Crippen LogP contribution in [0, 0.1) is 25.5 Å². The van der Waals surface area contributed by atoms with Crippen molar-refractivity contribution in [3.63, 3.8) is 0 Å². The molecule has 4 atom stereocenters. The summed E-state index contributed by atoms with van der Waals surface area (Å²) < 4.78 is 54.6. The molecule has 0 fully saturated rings. The minimum Gasteiger partial charge on any atom is -0.489 e. The number of amides is 4. The summed E-state index contributed by atoms with van der Waals surface area (Å²) in [7, 11) is 0. The van der Waals surface area contributed by atoms with E-state index in [4.69, 9.17) is 18.9 Å². The number of rotatable bonds is 6. The van der Waals surface area contributed by atoms with E-state index in [0.29, 0.717) is 49.1 Å². The third kappa shape index (κ3) is 8.59. The number of hydrogen-bond donors (Lipinski definition) is 4. The largest absolute Gasteiger partial charge is 0.489 e. The SMILES string of the molecule is Cc1cc(F)c2c(c1)OC[C@H](NC(=O)c1nc3n(n1)CCO[C@@H]3c1ccccc1)C(=O)N2.Cc1cc(F)c2c(c1)OC[C@H](NC(=O)c1nc3n(n1)CCO[C@H]3c1ccccc1)C(=O)N2. The van der Waals surface area contributed by atoms with Gasteiger partial charge in [0, 0.05) is 0 Å². The lowest BCUT2D eigenvalue weighted by molar-refractivity contribution is -0.119. The van der Waals surface area contributed by atoms with E-state index in [1.807, 2.05) is 60.7 Å². The molecule has 6 heterocycles. The van der Waals surface area contributed by atoms with Crippen LogP contribution in [0.15, 0.2) is 84.9 Å². The number of ether oxygens (including phenoxy) is 4. The Labute approximate surface area is 363 Å². The Kier molecular flexibility index (Phi) is 11.5. The lowest BCUT2D eigenvalue weighted by Crippen LogP contribution is -2.46. The normalized spacial score (nSPS) is 19.8. The number of nitrogens with one attached hydrogen (secondary N) is 4. The molecular weight excluding hydrogens is 835 g/mol. The molecule has 0 bridgehead atoms. The van der Waals surface area contributed by atoms with Crippen molar-refractivity contribution in [1.82, 2.24) is 40.2 Å². The number of carbonyl (C=O) groups is 4. The van der Waals surface area contributed by atoms with Crippen molar-refractivity contribution in [3.8, 4) is 11.5 Å². The Morgan fingerprint density at radius 1 is 0.641 bits per heavy atom. The smallest absolute Gasteiger partial charge is 0.291 e. The fourth-order valence-corrected chi connectivity index (χ4v) is 7.50. The highest BCUT2D eigenvalue weighted by atomic mass is 19.1. The van der Waals surface area contributed by atoms with E-state index in [0.717, 1.165) is 11.1 Å². The van der Waals surface area contributed by atoms with Crippen LogP contribution in [0.5, 0.6) is 11.5 Å². The maximum Gasteiger partial charge on any atom is 0.291 e. The summed E-state index contributed by atoms with van der Waals surface area (Å²) in [4.78, 5) is 59.5. The summed E-state index contributed by atoms with van der Waals surface area (Å²) in [5.41, 5.74) is 3.02. The van der Waals surface area contributed by atoms with Crippen LogP contribution in [0.4, 0.5) is 20.2 Å². The van der Waals surface area contributed by atoms with Crippen LogP contribution in [0.1, 0.15) is 67.3 Å². The Morgan fingerprint density at radius 2 is 1.05 bits per heavy atom. The zero-order chi connectivity index (χ0) is 44.5. The van der Waals surface area contributed by atoms with Crippen LogP contribution in [-0.4, -0.2) is 91.7 Å². The highest BCUT2D eigenvalue weighted by Gasteiger charge is 2.34. The summed E-state index contributed by atoms with van der Waals surface area (Å²) in [6.45, 7) is 4.90. The molecule has 2 aromatic heterocycles. The summed E-state index contributed by atoms with van der Waals surface area (Å²) in [6.07, 6.45) is -0.881. The van der Waals surface area contributed by atoms with Crippen LogP contribution in [0.25, 0.3) is 0 Å². The van der Waals surface area contributed by atoms with Gasteiger partial charge >= 0.3 is 0 Å². The van der Waals surface area contributed by atoms with E-state index in [9.17, 15) is 28.0 Å². The number of fused-ring (bicyclic) bond motifs is 4. The van der Waals surface area contributed by atoms with E-state index < -0.39 is 59.6 Å². The van der Waals surface area contributed by atoms with Gasteiger partial charge in [0.1, 0.15) is 60.4 Å². The Bertz CT molecular complexity index is 2580. The van der Waals surface area contributed by atoms with Gasteiger partial charge < -0.3 is 40.2 Å². The lowest BCUT2D eigenvalue weighted by atomic mass is 10.1. The number of nitrogens with zero attached hydrogens (tertiary/aromatic N) is 6. The molecule has 64 heavy (non-hydrogen) atoms. The first kappa shape index (κ1) is 41.8. The number of hydrogen-bond acceptors (Lipinski definition) is 12. The van der Waals surface area contributed by atoms with Crippen molar-refractivity contribution < 1.29 is 46.9 Å². The van der Waals surface area contributed by atoms with E-state index >= 15 is 0 Å². The predicted octanol–water partition coefficient (Wildman–Crippen LogP) is 3.95. The molecule has 18 nitrogen and oxygen atoms in total. The molecule has 6 aromatic rings. The lowest BCUT2D eigenvalue weighted by Gasteiger charge is -2.22. The molecule has 4 aliphatic heterocycles. The molecular formula is C44H40F2N10O8. The fourth-order valence-electron chi connectivity index (χ4n) is 7.50. The molecule has 0 unspecified atom stereocenters. The van der Waals surface area contributed by atoms with Crippen molar-refractivity contribution >= 4 is 35.0 Å². The number of anilines is 2. The van der Waals surface area contributed by atoms with Crippen LogP contribution in [0.3, 0.4) is 0 Å². The summed E-state index contributed by atoms with van der Waals surface area (Å²) in [6, 6.07) is 22.8. The minimum absolute atomic E-state index is 0.0456. The first-order chi connectivity index (χ1) is 31.0. The monoisotopic (exact) mass is 874 g/mol. The standard InChI is InChI=1S/2C22H20FN5O4/c2*1-12-9-14(23)17-16(10-12)32-11-15(21(29)25-17)24-22(30)19-26-20-18(13-5-3-2-4-6-13)31-8-7-28(20)27-19/h2*2-6,9-10,15,18H,7-8,11H2,1H3,(H,24,30)(H,25,29)/t15-,18+;15-,18-/m00/s1. The highest BCUT2D eigenvalue weighted by Crippen LogP contribution is 2.33. The number of aryl methyl sites for hydroxylation is 2. The molecule has 4 amide bonds. The zero-order valence-corrected chi connectivity index (χ0v) is 34.3. The second-order valence-electron chi connectivity index (χ2n) is 15.2. The number of benzene rings is 4. The Hall–Kier alpha value is -7.58. The van der Waals surface area contributed by atoms with Gasteiger partial charge in [-0.1, -0.05) is 60.7 Å². The van der Waals surface area contributed by atoms with Crippen LogP contribution in [-0.2, 0) is 32.2 Å². The van der Waals surface area contributed by atoms with Gasteiger partial charge in [0.2, 0.25) is 11.6 Å². The summed E-state index contributed by atoms with van der Waals surface area (Å²) >= 11 is 0. The van der Waals surface area contributed by atoms with Gasteiger partial charge in [-0.05, 0) is 60.4 Å². The maximum atomic E-state index is 14.2. The molecule has 20 heteroatoms. The topological polar surface area (TPSA) is 215 Å². The van der Waals surface area contributed by atoms with E-state index in [2.05, 4.69) is 41.4 Å². The third-order valence-electron chi connectivity index (χ3n) is 10.6. The van der Waals surface area contributed by atoms with Gasteiger partial charge in [-0.15, -0.1) is 10.2 Å². The second kappa shape index (κ2) is 17.7. The zero-order valence-electron chi connectivity index (χ0n) is 34.3. The van der Waals surface area contributed by atoms with Gasteiger partial charge in [0.25, 0.3) is 23.6 Å². The molecule has 0 saturated carbocycles. The minimum atomic E-state index is -1.05. The molecule has 10 rings (SSSR count). The average molecular weight is 875 g/mol. The molecule has 0 spiro atoms. The third-order valence-corrected chi connectivity index (χ3v) is 10.6. The predicted molar refractivity (Wildman–Crippen MR) is 222 cm³/mol. The highest BCUT2D eigenvalue weighted by molar-refractivity contribution is 6.02. The Balaban J connectivity index is 0.000000162. The summed E-state index contributed by atoms with van der Waals surface area (Å²) in [5.74, 6) is -2.36. The van der Waals surface area contributed by atoms with Crippen molar-refractivity contribution in [3.05, 3.63) is 142 Å². The van der Waals surface area contributed by atoms with Crippen molar-refractivity contribution in [2.45, 2.75) is 51.2 Å². The van der Waals surface area contributed by atoms with E-state index in [1.165, 1.54) is 12.1 Å². The second-order valence-corrected chi connectivity index (χ2v) is 15.2. The molecule has 4 aliphatic rings. The van der Waals surface area contributed by atoms with Gasteiger partial charge in [0.15, 0.2) is 23.3 Å². The van der Waals surface area contributed by atoms with Crippen molar-refractivity contribution in [2.24, 2.45) is 0 Å². The molecule has 0 aliphatic carbocycles. The molecule has 4 aromatic carbocycles. The first-order valence-corrected chi connectivity index (χ1v) is 20.3. The van der Waals surface area contributed by atoms with Crippen LogP contribution < -0.4 is 30.7 Å². The van der Waals surface area contributed by atoms with Gasteiger partial charge in [-0.25, -0.2) is 28.1 Å². The van der Waals surface area contributed by atoms with E-state index in [-0.39, 0.29) is 47.7 Å². The number of carbonyl (C=O) groups excluding carboxylic acids is 4. The van der Waals surface area contributed by atoms with Gasteiger partial charge in [-0.2, -0.15) is 0 Å². The molecule has 328 valence electrons. The van der Waals surface area contributed by atoms with Crippen LogP contribution >= 0.6 is 0 Å². The quantitative estimate of drug-likeness (QED) is 0.187. The maximum absolute atomic E-state index is 14.2. The van der Waals surface area contributed by atoms with Gasteiger partial charge in [-0.3, -0.25) is 19.2 Å². The average Bonchev–Trinajstić information content (AvgIpc) is 3.87. The van der Waals surface area contributed by atoms with E-state index in [1.54, 1.807) is 35.3 Å². The summed E-state index contributed by atoms with van der Waals surface area (Å²) in [5, 5.41) is 18.7. The van der Waals surface area contributed by atoms with Crippen LogP contribution in [0.2, 0.25) is 0 Å². The number of aromatic nitrogens is 6. The number of halogens is 2. The molecule has 0 radical (unpaired) electrons. The van der Waals surface area contributed by atoms with Crippen molar-refractivity contribution in [2.75, 3.05) is 37.1 Å². The molecule has 4 N–H and O–H groups in total.